The van der Waals surface area contributed by atoms with Gasteiger partial charge in [-0.05, 0) is 24.3 Å². The van der Waals surface area contributed by atoms with Crippen LogP contribution in [-0.2, 0) is 10.5 Å². The molecule has 1 aliphatic rings. The molecule has 25 heavy (non-hydrogen) atoms. The Morgan fingerprint density at radius 1 is 1.32 bits per heavy atom. The molecule has 0 aliphatic carbocycles. The predicted octanol–water partition coefficient (Wildman–Crippen LogP) is 3.80. The van der Waals surface area contributed by atoms with Gasteiger partial charge in [0, 0.05) is 23.9 Å². The van der Waals surface area contributed by atoms with Crippen LogP contribution in [0, 0.1) is 0 Å². The van der Waals surface area contributed by atoms with Crippen molar-refractivity contribution in [2.24, 2.45) is 0 Å². The Hall–Kier alpha value is -1.73. The van der Waals surface area contributed by atoms with Gasteiger partial charge in [0.1, 0.15) is 22.6 Å². The smallest absolute Gasteiger partial charge is 0.233 e. The summed E-state index contributed by atoms with van der Waals surface area (Å²) in [6.45, 7) is 0.705. The normalized spacial score (nSPS) is 17.1. The highest BCUT2D eigenvalue weighted by molar-refractivity contribution is 8.00. The number of benzene rings is 1. The number of rotatable bonds is 8. The Morgan fingerprint density at radius 2 is 2.20 bits per heavy atom. The zero-order valence-corrected chi connectivity index (χ0v) is 15.9. The summed E-state index contributed by atoms with van der Waals surface area (Å²) in [5, 5.41) is -0.0161. The van der Waals surface area contributed by atoms with Crippen LogP contribution in [-0.4, -0.2) is 43.1 Å². The zero-order valence-electron chi connectivity index (χ0n) is 14.3. The average Bonchev–Trinajstić information content (AvgIpc) is 3.28. The summed E-state index contributed by atoms with van der Waals surface area (Å²) < 4.78 is 16.1. The molecular formula is C18H21NO4S2. The van der Waals surface area contributed by atoms with Gasteiger partial charge in [-0.1, -0.05) is 0 Å². The quantitative estimate of drug-likeness (QED) is 0.650. The van der Waals surface area contributed by atoms with E-state index in [-0.39, 0.29) is 11.3 Å². The van der Waals surface area contributed by atoms with Crippen LogP contribution in [0.15, 0.2) is 41.0 Å². The summed E-state index contributed by atoms with van der Waals surface area (Å²) in [6, 6.07) is 9.61. The molecule has 1 saturated heterocycles. The minimum Gasteiger partial charge on any atom is -0.497 e. The lowest BCUT2D eigenvalue weighted by Gasteiger charge is -2.25. The molecule has 1 amide bonds. The van der Waals surface area contributed by atoms with Crippen molar-refractivity contribution in [1.82, 2.24) is 4.90 Å². The molecule has 2 aromatic rings. The van der Waals surface area contributed by atoms with E-state index < -0.39 is 0 Å². The monoisotopic (exact) mass is 379 g/mol. The standard InChI is InChI=1S/C18H21NO4S2/c1-21-13-5-6-15(16(10-13)22-2)18-19(17(20)12-25-18)7-9-24-11-14-4-3-8-23-14/h3-6,8,10,18H,7,9,11-12H2,1-2H3. The van der Waals surface area contributed by atoms with Crippen molar-refractivity contribution in [2.75, 3.05) is 32.3 Å². The Morgan fingerprint density at radius 3 is 2.92 bits per heavy atom. The van der Waals surface area contributed by atoms with Crippen LogP contribution in [0.5, 0.6) is 11.5 Å². The number of ether oxygens (including phenoxy) is 2. The van der Waals surface area contributed by atoms with Crippen LogP contribution in [0.2, 0.25) is 0 Å². The first-order chi connectivity index (χ1) is 12.2. The summed E-state index contributed by atoms with van der Waals surface area (Å²) in [6.07, 6.45) is 1.68. The molecule has 5 nitrogen and oxygen atoms in total. The molecule has 1 aromatic heterocycles. The van der Waals surface area contributed by atoms with E-state index in [2.05, 4.69) is 0 Å². The molecule has 7 heteroatoms. The molecule has 0 saturated carbocycles. The second-order valence-electron chi connectivity index (χ2n) is 5.49. The molecule has 1 atom stereocenters. The van der Waals surface area contributed by atoms with Crippen molar-refractivity contribution >= 4 is 29.4 Å². The number of amides is 1. The molecule has 134 valence electrons. The number of thioether (sulfide) groups is 2. The average molecular weight is 380 g/mol. The fraction of sp³-hybridized carbons (Fsp3) is 0.389. The summed E-state index contributed by atoms with van der Waals surface area (Å²) in [4.78, 5) is 14.3. The van der Waals surface area contributed by atoms with E-state index in [0.29, 0.717) is 12.3 Å². The fourth-order valence-electron chi connectivity index (χ4n) is 2.71. The van der Waals surface area contributed by atoms with Gasteiger partial charge in [-0.15, -0.1) is 11.8 Å². The molecule has 0 bridgehead atoms. The molecule has 1 aliphatic heterocycles. The van der Waals surface area contributed by atoms with Crippen LogP contribution in [0.1, 0.15) is 16.7 Å². The van der Waals surface area contributed by atoms with Gasteiger partial charge in [0.05, 0.1) is 32.0 Å². The van der Waals surface area contributed by atoms with Crippen molar-refractivity contribution in [3.05, 3.63) is 47.9 Å². The zero-order chi connectivity index (χ0) is 17.6. The maximum atomic E-state index is 12.3. The number of hydrogen-bond donors (Lipinski definition) is 0. The Kier molecular flexibility index (Phi) is 6.20. The van der Waals surface area contributed by atoms with Gasteiger partial charge < -0.3 is 18.8 Å². The molecule has 1 fully saturated rings. The van der Waals surface area contributed by atoms with E-state index in [1.165, 1.54) is 0 Å². The summed E-state index contributed by atoms with van der Waals surface area (Å²) >= 11 is 3.40. The summed E-state index contributed by atoms with van der Waals surface area (Å²) in [7, 11) is 3.27. The lowest BCUT2D eigenvalue weighted by atomic mass is 10.1. The van der Waals surface area contributed by atoms with Crippen LogP contribution >= 0.6 is 23.5 Å². The largest absolute Gasteiger partial charge is 0.497 e. The van der Waals surface area contributed by atoms with E-state index in [9.17, 15) is 4.79 Å². The number of methoxy groups -OCH3 is 2. The Balaban J connectivity index is 1.65. The van der Waals surface area contributed by atoms with Crippen LogP contribution in [0.4, 0.5) is 0 Å². The van der Waals surface area contributed by atoms with Gasteiger partial charge in [0.15, 0.2) is 0 Å². The minimum absolute atomic E-state index is 0.0161. The van der Waals surface area contributed by atoms with Crippen molar-refractivity contribution in [3.8, 4) is 11.5 Å². The maximum Gasteiger partial charge on any atom is 0.233 e. The first-order valence-corrected chi connectivity index (χ1v) is 10.2. The van der Waals surface area contributed by atoms with E-state index in [1.807, 2.05) is 35.2 Å². The third kappa shape index (κ3) is 4.27. The van der Waals surface area contributed by atoms with Gasteiger partial charge in [-0.25, -0.2) is 0 Å². The number of carbonyl (C=O) groups is 1. The number of furan rings is 1. The molecule has 0 spiro atoms. The van der Waals surface area contributed by atoms with E-state index >= 15 is 0 Å². The molecule has 2 heterocycles. The molecule has 1 unspecified atom stereocenters. The fourth-order valence-corrected chi connectivity index (χ4v) is 4.79. The number of nitrogens with zero attached hydrogens (tertiary/aromatic N) is 1. The molecule has 3 rings (SSSR count). The SMILES string of the molecule is COc1ccc(C2SCC(=O)N2CCSCc2ccco2)c(OC)c1. The molecule has 0 radical (unpaired) electrons. The van der Waals surface area contributed by atoms with Crippen molar-refractivity contribution in [3.63, 3.8) is 0 Å². The first kappa shape index (κ1) is 18.1. The second-order valence-corrected chi connectivity index (χ2v) is 7.66. The third-order valence-corrected chi connectivity index (χ3v) is 6.17. The minimum atomic E-state index is -0.0161. The van der Waals surface area contributed by atoms with Gasteiger partial charge in [-0.2, -0.15) is 11.8 Å². The lowest BCUT2D eigenvalue weighted by Crippen LogP contribution is -2.30. The number of carbonyl (C=O) groups excluding carboxylic acids is 1. The van der Waals surface area contributed by atoms with Gasteiger partial charge in [0.25, 0.3) is 0 Å². The van der Waals surface area contributed by atoms with Crippen molar-refractivity contribution in [2.45, 2.75) is 11.1 Å². The third-order valence-electron chi connectivity index (χ3n) is 3.98. The first-order valence-electron chi connectivity index (χ1n) is 7.96. The number of hydrogen-bond acceptors (Lipinski definition) is 6. The molecule has 1 aromatic carbocycles. The molecular weight excluding hydrogens is 358 g/mol. The van der Waals surface area contributed by atoms with Crippen LogP contribution < -0.4 is 9.47 Å². The highest BCUT2D eigenvalue weighted by Gasteiger charge is 2.34. The predicted molar refractivity (Wildman–Crippen MR) is 101 cm³/mol. The Bertz CT molecular complexity index is 705. The maximum absolute atomic E-state index is 12.3. The van der Waals surface area contributed by atoms with Crippen molar-refractivity contribution < 1.29 is 18.7 Å². The van der Waals surface area contributed by atoms with Gasteiger partial charge >= 0.3 is 0 Å². The van der Waals surface area contributed by atoms with E-state index in [1.54, 1.807) is 44.0 Å². The highest BCUT2D eigenvalue weighted by Crippen LogP contribution is 2.43. The van der Waals surface area contributed by atoms with Crippen LogP contribution in [0.3, 0.4) is 0 Å². The summed E-state index contributed by atoms with van der Waals surface area (Å²) in [5.41, 5.74) is 1.01. The highest BCUT2D eigenvalue weighted by atomic mass is 32.2. The lowest BCUT2D eigenvalue weighted by molar-refractivity contribution is -0.127. The van der Waals surface area contributed by atoms with E-state index in [4.69, 9.17) is 13.9 Å². The van der Waals surface area contributed by atoms with Crippen molar-refractivity contribution in [1.29, 1.82) is 0 Å². The summed E-state index contributed by atoms with van der Waals surface area (Å²) in [5.74, 6) is 4.81. The van der Waals surface area contributed by atoms with Gasteiger partial charge in [-0.3, -0.25) is 4.79 Å². The van der Waals surface area contributed by atoms with Gasteiger partial charge in [0.2, 0.25) is 5.91 Å². The van der Waals surface area contributed by atoms with Crippen LogP contribution in [0.25, 0.3) is 0 Å². The second kappa shape index (κ2) is 8.58. The van der Waals surface area contributed by atoms with E-state index in [0.717, 1.165) is 34.3 Å². The topological polar surface area (TPSA) is 51.9 Å². The Labute approximate surface area is 156 Å². The molecule has 0 N–H and O–H groups in total.